The van der Waals surface area contributed by atoms with Gasteiger partial charge in [-0.1, -0.05) is 31.5 Å². The Morgan fingerprint density at radius 3 is 2.75 bits per heavy atom. The molecule has 6 heteroatoms. The number of benzene rings is 1. The Labute approximate surface area is 165 Å². The van der Waals surface area contributed by atoms with Crippen LogP contribution >= 0.6 is 0 Å². The molecule has 0 spiro atoms. The third-order valence-corrected chi connectivity index (χ3v) is 5.76. The van der Waals surface area contributed by atoms with Gasteiger partial charge in [0, 0.05) is 37.3 Å². The molecule has 2 N–H and O–H groups in total. The summed E-state index contributed by atoms with van der Waals surface area (Å²) in [5.41, 5.74) is 2.42. The van der Waals surface area contributed by atoms with Crippen molar-refractivity contribution in [2.24, 2.45) is 0 Å². The number of hydrogen-bond acceptors (Lipinski definition) is 3. The smallest absolute Gasteiger partial charge is 0.303 e. The number of carboxylic acids is 1. The average molecular weight is 386 g/mol. The van der Waals surface area contributed by atoms with E-state index in [2.05, 4.69) is 18.0 Å². The van der Waals surface area contributed by atoms with Crippen molar-refractivity contribution < 1.29 is 19.4 Å². The van der Waals surface area contributed by atoms with E-state index in [-0.39, 0.29) is 12.3 Å². The van der Waals surface area contributed by atoms with E-state index in [0.29, 0.717) is 25.9 Å². The van der Waals surface area contributed by atoms with Gasteiger partial charge in [-0.2, -0.15) is 0 Å². The van der Waals surface area contributed by atoms with Crippen LogP contribution in [0.4, 0.5) is 0 Å². The highest BCUT2D eigenvalue weighted by Crippen LogP contribution is 2.43. The molecule has 0 fully saturated rings. The van der Waals surface area contributed by atoms with Crippen molar-refractivity contribution in [1.29, 1.82) is 0 Å². The maximum Gasteiger partial charge on any atom is 0.303 e. The lowest BCUT2D eigenvalue weighted by atomic mass is 9.83. The molecule has 6 nitrogen and oxygen atoms in total. The topological polar surface area (TPSA) is 82.6 Å². The number of aromatic amines is 1. The summed E-state index contributed by atoms with van der Waals surface area (Å²) in [5.74, 6) is -0.771. The molecule has 1 atom stereocenters. The average Bonchev–Trinajstić information content (AvgIpc) is 3.08. The van der Waals surface area contributed by atoms with E-state index >= 15 is 0 Å². The number of nitrogens with one attached hydrogen (secondary N) is 1. The number of H-pyrrole nitrogens is 1. The highest BCUT2D eigenvalue weighted by Gasteiger charge is 2.40. The van der Waals surface area contributed by atoms with Crippen LogP contribution in [0.15, 0.2) is 24.3 Å². The minimum Gasteiger partial charge on any atom is -0.481 e. The molecule has 1 aliphatic heterocycles. The number of para-hydroxylation sites is 1. The molecule has 2 heterocycles. The third-order valence-electron chi connectivity index (χ3n) is 5.76. The van der Waals surface area contributed by atoms with Gasteiger partial charge in [0.05, 0.1) is 12.3 Å². The quantitative estimate of drug-likeness (QED) is 0.686. The molecule has 28 heavy (non-hydrogen) atoms. The highest BCUT2D eigenvalue weighted by molar-refractivity contribution is 5.85. The number of ether oxygens (including phenoxy) is 1. The Morgan fingerprint density at radius 2 is 2.00 bits per heavy atom. The van der Waals surface area contributed by atoms with Crippen LogP contribution in [0.2, 0.25) is 0 Å². The predicted octanol–water partition coefficient (Wildman–Crippen LogP) is 3.84. The zero-order chi connectivity index (χ0) is 20.1. The van der Waals surface area contributed by atoms with Crippen molar-refractivity contribution in [2.75, 3.05) is 20.2 Å². The van der Waals surface area contributed by atoms with Gasteiger partial charge in [0.15, 0.2) is 0 Å². The maximum absolute atomic E-state index is 12.6. The summed E-state index contributed by atoms with van der Waals surface area (Å²) in [5, 5.41) is 10.4. The van der Waals surface area contributed by atoms with Crippen molar-refractivity contribution in [3.63, 3.8) is 0 Å². The molecule has 0 bridgehead atoms. The second-order valence-electron chi connectivity index (χ2n) is 7.68. The van der Waals surface area contributed by atoms with Gasteiger partial charge in [-0.05, 0) is 37.3 Å². The zero-order valence-electron chi connectivity index (χ0n) is 16.8. The molecule has 1 aromatic carbocycles. The van der Waals surface area contributed by atoms with Gasteiger partial charge in [0.1, 0.15) is 5.60 Å². The molecule has 1 unspecified atom stereocenters. The number of carboxylic acid groups (broad SMARTS) is 1. The van der Waals surface area contributed by atoms with Crippen LogP contribution in [-0.4, -0.2) is 47.1 Å². The zero-order valence-corrected chi connectivity index (χ0v) is 16.8. The number of unbranched alkanes of at least 4 members (excludes halogenated alkanes) is 1. The van der Waals surface area contributed by atoms with Crippen LogP contribution in [0.5, 0.6) is 0 Å². The number of rotatable bonds is 9. The number of aromatic nitrogens is 1. The Kier molecular flexibility index (Phi) is 6.39. The van der Waals surface area contributed by atoms with E-state index < -0.39 is 11.6 Å². The van der Waals surface area contributed by atoms with E-state index in [1.54, 1.807) is 4.90 Å². The van der Waals surface area contributed by atoms with Gasteiger partial charge in [-0.3, -0.25) is 9.59 Å². The van der Waals surface area contributed by atoms with Gasteiger partial charge in [0.25, 0.3) is 0 Å². The first-order valence-electron chi connectivity index (χ1n) is 10.2. The highest BCUT2D eigenvalue weighted by atomic mass is 16.5. The van der Waals surface area contributed by atoms with E-state index in [0.717, 1.165) is 42.4 Å². The Hall–Kier alpha value is -2.34. The number of amides is 1. The number of carbonyl (C=O) groups is 2. The number of nitrogens with zero attached hydrogens (tertiary/aromatic N) is 1. The number of carbonyl (C=O) groups excluding carboxylic acids is 1. The fourth-order valence-corrected chi connectivity index (χ4v) is 4.12. The van der Waals surface area contributed by atoms with Crippen LogP contribution in [0.25, 0.3) is 10.9 Å². The first kappa shape index (κ1) is 20.4. The van der Waals surface area contributed by atoms with Gasteiger partial charge in [-0.15, -0.1) is 0 Å². The van der Waals surface area contributed by atoms with Gasteiger partial charge in [0.2, 0.25) is 5.91 Å². The van der Waals surface area contributed by atoms with Gasteiger partial charge >= 0.3 is 5.97 Å². The summed E-state index contributed by atoms with van der Waals surface area (Å²) in [6, 6.07) is 8.11. The lowest BCUT2D eigenvalue weighted by Gasteiger charge is -2.37. The number of hydrogen-bond donors (Lipinski definition) is 2. The lowest BCUT2D eigenvalue weighted by Crippen LogP contribution is -2.38. The van der Waals surface area contributed by atoms with Crippen LogP contribution in [0.3, 0.4) is 0 Å². The molecule has 3 rings (SSSR count). The Balaban J connectivity index is 1.87. The molecule has 0 saturated heterocycles. The summed E-state index contributed by atoms with van der Waals surface area (Å²) in [6.45, 7) is 3.39. The minimum absolute atomic E-state index is 0.00860. The molecule has 0 saturated carbocycles. The first-order valence-corrected chi connectivity index (χ1v) is 10.2. The summed E-state index contributed by atoms with van der Waals surface area (Å²) in [7, 11) is 1.83. The number of aliphatic carboxylic acids is 1. The molecule has 1 aromatic heterocycles. The summed E-state index contributed by atoms with van der Waals surface area (Å²) in [4.78, 5) is 29.1. The summed E-state index contributed by atoms with van der Waals surface area (Å²) < 4.78 is 6.22. The molecule has 152 valence electrons. The number of fused-ring (bicyclic) bond motifs is 3. The molecule has 1 aliphatic rings. The van der Waals surface area contributed by atoms with Crippen molar-refractivity contribution in [3.8, 4) is 0 Å². The molecule has 0 aliphatic carbocycles. The summed E-state index contributed by atoms with van der Waals surface area (Å²) in [6.07, 6.45) is 4.00. The SMILES string of the molecule is CCCCN(C)C(=O)CCC1(CCC(=O)O)OCCc2c1[nH]c1ccccc21. The Morgan fingerprint density at radius 1 is 1.25 bits per heavy atom. The second-order valence-corrected chi connectivity index (χ2v) is 7.68. The fraction of sp³-hybridized carbons (Fsp3) is 0.545. The van der Waals surface area contributed by atoms with Crippen molar-refractivity contribution in [1.82, 2.24) is 9.88 Å². The van der Waals surface area contributed by atoms with Gasteiger partial charge in [-0.25, -0.2) is 0 Å². The molecular weight excluding hydrogens is 356 g/mol. The standard InChI is InChI=1S/C22H30N2O4/c1-3-4-14-24(2)19(25)9-12-22(13-10-20(26)27)21-17(11-15-28-22)16-7-5-6-8-18(16)23-21/h5-8,23H,3-4,9-15H2,1-2H3,(H,26,27). The van der Waals surface area contributed by atoms with E-state index in [1.165, 1.54) is 5.56 Å². The second kappa shape index (κ2) is 8.78. The van der Waals surface area contributed by atoms with E-state index in [1.807, 2.05) is 25.2 Å². The lowest BCUT2D eigenvalue weighted by molar-refractivity contribution is -0.141. The fourth-order valence-electron chi connectivity index (χ4n) is 4.12. The first-order chi connectivity index (χ1) is 13.5. The van der Waals surface area contributed by atoms with Gasteiger partial charge < -0.3 is 19.7 Å². The predicted molar refractivity (Wildman–Crippen MR) is 108 cm³/mol. The van der Waals surface area contributed by atoms with Crippen LogP contribution in [0.1, 0.15) is 56.7 Å². The monoisotopic (exact) mass is 386 g/mol. The third kappa shape index (κ3) is 4.22. The van der Waals surface area contributed by atoms with Crippen LogP contribution in [-0.2, 0) is 26.3 Å². The van der Waals surface area contributed by atoms with Crippen LogP contribution in [0, 0.1) is 0 Å². The molecule has 2 aromatic rings. The van der Waals surface area contributed by atoms with E-state index in [9.17, 15) is 14.7 Å². The maximum atomic E-state index is 12.6. The molecule has 1 amide bonds. The molecular formula is C22H30N2O4. The van der Waals surface area contributed by atoms with Crippen LogP contribution < -0.4 is 0 Å². The van der Waals surface area contributed by atoms with Crippen molar-refractivity contribution in [3.05, 3.63) is 35.5 Å². The summed E-state index contributed by atoms with van der Waals surface area (Å²) >= 11 is 0. The Bertz CT molecular complexity index is 844. The minimum atomic E-state index is -0.849. The largest absolute Gasteiger partial charge is 0.481 e. The van der Waals surface area contributed by atoms with Crippen molar-refractivity contribution in [2.45, 2.75) is 57.5 Å². The van der Waals surface area contributed by atoms with Crippen molar-refractivity contribution >= 4 is 22.8 Å². The van der Waals surface area contributed by atoms with E-state index in [4.69, 9.17) is 4.74 Å². The molecule has 0 radical (unpaired) electrons. The normalized spacial score (nSPS) is 18.8.